The number of likely N-dealkylation sites (tertiary alicyclic amines) is 1. The van der Waals surface area contributed by atoms with Crippen molar-refractivity contribution in [3.63, 3.8) is 0 Å². The number of hydrogen-bond acceptors (Lipinski definition) is 2. The van der Waals surface area contributed by atoms with Gasteiger partial charge in [-0.15, -0.1) is 0 Å². The number of alkyl halides is 1. The minimum absolute atomic E-state index is 0.0964. The summed E-state index contributed by atoms with van der Waals surface area (Å²) in [5, 5.41) is 8.72. The fourth-order valence-electron chi connectivity index (χ4n) is 1.88. The quantitative estimate of drug-likeness (QED) is 0.615. The summed E-state index contributed by atoms with van der Waals surface area (Å²) in [5.41, 5.74) is 0.0964. The molecule has 0 radical (unpaired) electrons. The van der Waals surface area contributed by atoms with Gasteiger partial charge in [-0.3, -0.25) is 9.59 Å². The van der Waals surface area contributed by atoms with E-state index in [-0.39, 0.29) is 11.3 Å². The summed E-state index contributed by atoms with van der Waals surface area (Å²) in [6.45, 7) is 5.49. The van der Waals surface area contributed by atoms with Gasteiger partial charge < -0.3 is 10.0 Å². The summed E-state index contributed by atoms with van der Waals surface area (Å²) in [4.78, 5) is 22.9. The number of aliphatic carboxylic acids is 1. The molecule has 86 valence electrons. The second kappa shape index (κ2) is 4.51. The second-order valence-corrected chi connectivity index (χ2v) is 5.64. The third kappa shape index (κ3) is 3.19. The predicted molar refractivity (Wildman–Crippen MR) is 59.9 cm³/mol. The molecular weight excluding hydrogens is 262 g/mol. The van der Waals surface area contributed by atoms with Crippen LogP contribution in [0.5, 0.6) is 0 Å². The summed E-state index contributed by atoms with van der Waals surface area (Å²) in [7, 11) is 0. The molecular formula is C10H16BrNO3. The monoisotopic (exact) mass is 277 g/mol. The standard InChI is InChI=1S/C10H16BrNO3/c1-10(2)4-3-5-12(6-10)8(13)7(11)9(14)15/h7H,3-6H2,1-2H3,(H,14,15). The molecule has 4 nitrogen and oxygen atoms in total. The third-order valence-corrected chi connectivity index (χ3v) is 3.43. The lowest BCUT2D eigenvalue weighted by Gasteiger charge is -2.38. The lowest BCUT2D eigenvalue weighted by Crippen LogP contribution is -2.47. The van der Waals surface area contributed by atoms with Crippen molar-refractivity contribution in [1.29, 1.82) is 0 Å². The molecule has 0 spiro atoms. The zero-order valence-corrected chi connectivity index (χ0v) is 10.6. The van der Waals surface area contributed by atoms with E-state index in [1.807, 2.05) is 0 Å². The van der Waals surface area contributed by atoms with Gasteiger partial charge in [0.05, 0.1) is 0 Å². The highest BCUT2D eigenvalue weighted by Crippen LogP contribution is 2.29. The smallest absolute Gasteiger partial charge is 0.327 e. The maximum Gasteiger partial charge on any atom is 0.327 e. The van der Waals surface area contributed by atoms with E-state index in [0.717, 1.165) is 12.8 Å². The van der Waals surface area contributed by atoms with Gasteiger partial charge in [-0.05, 0) is 18.3 Å². The van der Waals surface area contributed by atoms with E-state index in [0.29, 0.717) is 13.1 Å². The van der Waals surface area contributed by atoms with Gasteiger partial charge in [-0.25, -0.2) is 0 Å². The molecule has 1 amide bonds. The number of nitrogens with zero attached hydrogens (tertiary/aromatic N) is 1. The molecule has 1 saturated heterocycles. The average Bonchev–Trinajstić information content (AvgIpc) is 2.13. The molecule has 1 fully saturated rings. The van der Waals surface area contributed by atoms with Crippen LogP contribution in [0.25, 0.3) is 0 Å². The Hall–Kier alpha value is -0.580. The minimum atomic E-state index is -1.12. The van der Waals surface area contributed by atoms with Crippen molar-refractivity contribution >= 4 is 27.8 Å². The predicted octanol–water partition coefficient (Wildman–Crippen LogP) is 1.48. The Labute approximate surface area is 97.8 Å². The molecule has 1 aliphatic heterocycles. The van der Waals surface area contributed by atoms with E-state index in [1.165, 1.54) is 0 Å². The van der Waals surface area contributed by atoms with Crippen LogP contribution < -0.4 is 0 Å². The lowest BCUT2D eigenvalue weighted by molar-refractivity contribution is -0.144. The number of carboxylic acids is 1. The van der Waals surface area contributed by atoms with Gasteiger partial charge in [0.1, 0.15) is 0 Å². The molecule has 1 rings (SSSR count). The third-order valence-electron chi connectivity index (χ3n) is 2.65. The summed E-state index contributed by atoms with van der Waals surface area (Å²) in [6, 6.07) is 0. The molecule has 0 bridgehead atoms. The van der Waals surface area contributed by atoms with Gasteiger partial charge in [-0.1, -0.05) is 29.8 Å². The molecule has 0 saturated carbocycles. The molecule has 0 aromatic rings. The van der Waals surface area contributed by atoms with E-state index in [2.05, 4.69) is 29.8 Å². The van der Waals surface area contributed by atoms with Gasteiger partial charge in [0, 0.05) is 13.1 Å². The molecule has 1 unspecified atom stereocenters. The summed E-state index contributed by atoms with van der Waals surface area (Å²) in [5.74, 6) is -1.46. The van der Waals surface area contributed by atoms with Crippen LogP contribution in [0.2, 0.25) is 0 Å². The Morgan fingerprint density at radius 1 is 1.47 bits per heavy atom. The van der Waals surface area contributed by atoms with Crippen molar-refractivity contribution in [2.45, 2.75) is 31.5 Å². The molecule has 1 atom stereocenters. The maximum absolute atomic E-state index is 11.7. The van der Waals surface area contributed by atoms with Crippen LogP contribution in [-0.4, -0.2) is 39.8 Å². The molecule has 5 heteroatoms. The number of carboxylic acid groups (broad SMARTS) is 1. The summed E-state index contributed by atoms with van der Waals surface area (Å²) >= 11 is 2.89. The molecule has 0 aromatic heterocycles. The van der Waals surface area contributed by atoms with Crippen LogP contribution in [0, 0.1) is 5.41 Å². The lowest BCUT2D eigenvalue weighted by atomic mass is 9.84. The number of piperidine rings is 1. The number of rotatable bonds is 2. The second-order valence-electron chi connectivity index (χ2n) is 4.73. The first-order valence-electron chi connectivity index (χ1n) is 4.99. The molecule has 0 aromatic carbocycles. The number of hydrogen-bond donors (Lipinski definition) is 1. The normalized spacial score (nSPS) is 22.2. The van der Waals surface area contributed by atoms with Gasteiger partial charge in [0.25, 0.3) is 0 Å². The Balaban J connectivity index is 2.64. The van der Waals surface area contributed by atoms with Gasteiger partial charge in [0.2, 0.25) is 5.91 Å². The van der Waals surface area contributed by atoms with E-state index >= 15 is 0 Å². The Morgan fingerprint density at radius 2 is 2.07 bits per heavy atom. The van der Waals surface area contributed by atoms with Crippen LogP contribution in [0.3, 0.4) is 0 Å². The molecule has 0 aliphatic carbocycles. The van der Waals surface area contributed by atoms with Crippen molar-refractivity contribution in [2.24, 2.45) is 5.41 Å². The number of halogens is 1. The fourth-order valence-corrected chi connectivity index (χ4v) is 2.17. The van der Waals surface area contributed by atoms with Crippen LogP contribution in [0.1, 0.15) is 26.7 Å². The molecule has 1 aliphatic rings. The van der Waals surface area contributed by atoms with Gasteiger partial charge >= 0.3 is 5.97 Å². The van der Waals surface area contributed by atoms with Crippen molar-refractivity contribution in [3.8, 4) is 0 Å². The number of carbonyl (C=O) groups excluding carboxylic acids is 1. The summed E-state index contributed by atoms with van der Waals surface area (Å²) in [6.07, 6.45) is 2.02. The highest BCUT2D eigenvalue weighted by Gasteiger charge is 2.34. The topological polar surface area (TPSA) is 57.6 Å². The van der Waals surface area contributed by atoms with E-state index in [4.69, 9.17) is 5.11 Å². The first-order valence-corrected chi connectivity index (χ1v) is 5.91. The molecule has 1 N–H and O–H groups in total. The Kier molecular flexibility index (Phi) is 3.76. The van der Waals surface area contributed by atoms with E-state index in [9.17, 15) is 9.59 Å². The Morgan fingerprint density at radius 3 is 2.53 bits per heavy atom. The number of carbonyl (C=O) groups is 2. The fraction of sp³-hybridized carbons (Fsp3) is 0.800. The van der Waals surface area contributed by atoms with Gasteiger partial charge in [-0.2, -0.15) is 0 Å². The average molecular weight is 278 g/mol. The zero-order chi connectivity index (χ0) is 11.6. The highest BCUT2D eigenvalue weighted by molar-refractivity contribution is 9.10. The van der Waals surface area contributed by atoms with Crippen molar-refractivity contribution in [2.75, 3.05) is 13.1 Å². The first kappa shape index (κ1) is 12.5. The van der Waals surface area contributed by atoms with Crippen molar-refractivity contribution in [3.05, 3.63) is 0 Å². The summed E-state index contributed by atoms with van der Waals surface area (Å²) < 4.78 is 0. The van der Waals surface area contributed by atoms with Crippen LogP contribution in [0.4, 0.5) is 0 Å². The van der Waals surface area contributed by atoms with Crippen molar-refractivity contribution < 1.29 is 14.7 Å². The largest absolute Gasteiger partial charge is 0.480 e. The zero-order valence-electron chi connectivity index (χ0n) is 8.99. The SMILES string of the molecule is CC1(C)CCCN(C(=O)C(Br)C(=O)O)C1. The van der Waals surface area contributed by atoms with E-state index < -0.39 is 10.8 Å². The van der Waals surface area contributed by atoms with E-state index in [1.54, 1.807) is 4.90 Å². The number of amides is 1. The maximum atomic E-state index is 11.7. The molecule has 15 heavy (non-hydrogen) atoms. The van der Waals surface area contributed by atoms with Crippen LogP contribution in [-0.2, 0) is 9.59 Å². The van der Waals surface area contributed by atoms with Crippen LogP contribution >= 0.6 is 15.9 Å². The minimum Gasteiger partial charge on any atom is -0.480 e. The van der Waals surface area contributed by atoms with Crippen LogP contribution in [0.15, 0.2) is 0 Å². The Bertz CT molecular complexity index is 278. The highest BCUT2D eigenvalue weighted by atomic mass is 79.9. The van der Waals surface area contributed by atoms with Crippen molar-refractivity contribution in [1.82, 2.24) is 4.90 Å². The first-order chi connectivity index (χ1) is 6.83. The molecule has 1 heterocycles. The van der Waals surface area contributed by atoms with Gasteiger partial charge in [0.15, 0.2) is 4.83 Å².